The molecule has 3 heteroatoms. The molecule has 3 nitrogen and oxygen atoms in total. The molecule has 4 rings (SSSR count). The normalized spacial score (nSPS) is 25.5. The number of nitrogens with one attached hydrogen (secondary N) is 1. The summed E-state index contributed by atoms with van der Waals surface area (Å²) in [4.78, 5) is 11.1. The molecule has 2 aliphatic carbocycles. The molecular weight excluding hydrogens is 310 g/mol. The fourth-order valence-corrected chi connectivity index (χ4v) is 4.38. The van der Waals surface area contributed by atoms with Crippen molar-refractivity contribution in [3.8, 4) is 11.1 Å². The van der Waals surface area contributed by atoms with E-state index >= 15 is 0 Å². The zero-order chi connectivity index (χ0) is 17.2. The molecule has 0 radical (unpaired) electrons. The quantitative estimate of drug-likeness (QED) is 0.860. The van der Waals surface area contributed by atoms with Crippen molar-refractivity contribution in [1.29, 1.82) is 0 Å². The van der Waals surface area contributed by atoms with Crippen molar-refractivity contribution in [2.24, 2.45) is 5.92 Å². The van der Waals surface area contributed by atoms with Crippen molar-refractivity contribution in [2.45, 2.75) is 50.6 Å². The molecule has 0 spiro atoms. The summed E-state index contributed by atoms with van der Waals surface area (Å²) in [5, 5.41) is 13.0. The Morgan fingerprint density at radius 2 is 1.68 bits per heavy atom. The van der Waals surface area contributed by atoms with Gasteiger partial charge < -0.3 is 10.4 Å². The van der Waals surface area contributed by atoms with Crippen LogP contribution in [0, 0.1) is 5.92 Å². The lowest BCUT2D eigenvalue weighted by molar-refractivity contribution is -0.142. The second kappa shape index (κ2) is 7.01. The third kappa shape index (κ3) is 3.47. The summed E-state index contributed by atoms with van der Waals surface area (Å²) in [7, 11) is 0. The third-order valence-electron chi connectivity index (χ3n) is 5.84. The summed E-state index contributed by atoms with van der Waals surface area (Å²) in [5.41, 5.74) is 5.43. The average Bonchev–Trinajstić information content (AvgIpc) is 3.05. The molecule has 0 heterocycles. The van der Waals surface area contributed by atoms with Gasteiger partial charge in [-0.15, -0.1) is 0 Å². The molecule has 1 atom stereocenters. The number of benzene rings is 2. The Hall–Kier alpha value is -2.13. The SMILES string of the molecule is O=C(O)C1CCC(NC2CCc3ccc(-c4ccccc4)cc32)CC1. The van der Waals surface area contributed by atoms with Crippen molar-refractivity contribution in [2.75, 3.05) is 0 Å². The number of rotatable bonds is 4. The molecule has 0 aromatic heterocycles. The van der Waals surface area contributed by atoms with Gasteiger partial charge in [-0.05, 0) is 66.8 Å². The van der Waals surface area contributed by atoms with Gasteiger partial charge in [0.2, 0.25) is 0 Å². The van der Waals surface area contributed by atoms with E-state index in [4.69, 9.17) is 5.11 Å². The highest BCUT2D eigenvalue weighted by molar-refractivity contribution is 5.70. The maximum absolute atomic E-state index is 11.1. The number of carbonyl (C=O) groups is 1. The molecule has 1 unspecified atom stereocenters. The molecule has 130 valence electrons. The highest BCUT2D eigenvalue weighted by atomic mass is 16.4. The van der Waals surface area contributed by atoms with Crippen molar-refractivity contribution in [3.63, 3.8) is 0 Å². The molecule has 2 aliphatic rings. The number of hydrogen-bond donors (Lipinski definition) is 2. The van der Waals surface area contributed by atoms with Crippen molar-refractivity contribution in [3.05, 3.63) is 59.7 Å². The predicted molar refractivity (Wildman–Crippen MR) is 99.5 cm³/mol. The van der Waals surface area contributed by atoms with Crippen LogP contribution >= 0.6 is 0 Å². The fraction of sp³-hybridized carbons (Fsp3) is 0.409. The van der Waals surface area contributed by atoms with Crippen LogP contribution in [0.2, 0.25) is 0 Å². The zero-order valence-electron chi connectivity index (χ0n) is 14.4. The molecule has 0 bridgehead atoms. The first-order valence-corrected chi connectivity index (χ1v) is 9.38. The van der Waals surface area contributed by atoms with Gasteiger partial charge in [0.05, 0.1) is 5.92 Å². The Balaban J connectivity index is 1.47. The molecule has 2 N–H and O–H groups in total. The second-order valence-electron chi connectivity index (χ2n) is 7.42. The minimum atomic E-state index is -0.628. The first-order valence-electron chi connectivity index (χ1n) is 9.38. The largest absolute Gasteiger partial charge is 0.481 e. The number of hydrogen-bond acceptors (Lipinski definition) is 2. The van der Waals surface area contributed by atoms with Gasteiger partial charge in [-0.25, -0.2) is 0 Å². The van der Waals surface area contributed by atoms with Crippen LogP contribution < -0.4 is 5.32 Å². The monoisotopic (exact) mass is 335 g/mol. The van der Waals surface area contributed by atoms with Crippen LogP contribution in [0.1, 0.15) is 49.3 Å². The summed E-state index contributed by atoms with van der Waals surface area (Å²) in [6, 6.07) is 18.2. The van der Waals surface area contributed by atoms with Crippen LogP contribution in [-0.4, -0.2) is 17.1 Å². The Kier molecular flexibility index (Phi) is 4.58. The van der Waals surface area contributed by atoms with Gasteiger partial charge in [0.1, 0.15) is 0 Å². The molecule has 25 heavy (non-hydrogen) atoms. The number of aryl methyl sites for hydroxylation is 1. The van der Waals surface area contributed by atoms with Crippen molar-refractivity contribution >= 4 is 5.97 Å². The van der Waals surface area contributed by atoms with Gasteiger partial charge >= 0.3 is 5.97 Å². The minimum Gasteiger partial charge on any atom is -0.481 e. The zero-order valence-corrected chi connectivity index (χ0v) is 14.4. The van der Waals surface area contributed by atoms with E-state index in [2.05, 4.69) is 53.8 Å². The summed E-state index contributed by atoms with van der Waals surface area (Å²) in [6.07, 6.45) is 5.83. The summed E-state index contributed by atoms with van der Waals surface area (Å²) in [5.74, 6) is -0.768. The Morgan fingerprint density at radius 1 is 0.920 bits per heavy atom. The highest BCUT2D eigenvalue weighted by Gasteiger charge is 2.29. The van der Waals surface area contributed by atoms with E-state index in [1.807, 2.05) is 0 Å². The highest BCUT2D eigenvalue weighted by Crippen LogP contribution is 2.36. The first kappa shape index (κ1) is 16.3. The molecule has 2 aromatic carbocycles. The van der Waals surface area contributed by atoms with Crippen molar-refractivity contribution in [1.82, 2.24) is 5.32 Å². The number of carboxylic acids is 1. The fourth-order valence-electron chi connectivity index (χ4n) is 4.38. The lowest BCUT2D eigenvalue weighted by Gasteiger charge is -2.30. The standard InChI is InChI=1S/C22H25NO2/c24-22(25)17-8-11-19(12-9-17)23-21-13-10-16-6-7-18(14-20(16)21)15-4-2-1-3-5-15/h1-7,14,17,19,21,23H,8-13H2,(H,24,25). The summed E-state index contributed by atoms with van der Waals surface area (Å²) < 4.78 is 0. The van der Waals surface area contributed by atoms with E-state index in [1.54, 1.807) is 0 Å². The number of fused-ring (bicyclic) bond motifs is 1. The Labute approximate surface area is 149 Å². The molecular formula is C22H25NO2. The van der Waals surface area contributed by atoms with Gasteiger partial charge in [-0.1, -0.05) is 42.5 Å². The van der Waals surface area contributed by atoms with Gasteiger partial charge in [0, 0.05) is 12.1 Å². The molecule has 0 saturated heterocycles. The van der Waals surface area contributed by atoms with E-state index in [1.165, 1.54) is 22.3 Å². The molecule has 1 fully saturated rings. The van der Waals surface area contributed by atoms with Crippen LogP contribution in [-0.2, 0) is 11.2 Å². The Bertz CT molecular complexity index is 748. The average molecular weight is 335 g/mol. The van der Waals surface area contributed by atoms with Gasteiger partial charge in [-0.3, -0.25) is 4.79 Å². The van der Waals surface area contributed by atoms with E-state index in [0.717, 1.165) is 38.5 Å². The van der Waals surface area contributed by atoms with Crippen molar-refractivity contribution < 1.29 is 9.90 Å². The van der Waals surface area contributed by atoms with Crippen LogP contribution in [0.15, 0.2) is 48.5 Å². The number of carboxylic acid groups (broad SMARTS) is 1. The summed E-state index contributed by atoms with van der Waals surface area (Å²) >= 11 is 0. The smallest absolute Gasteiger partial charge is 0.306 e. The third-order valence-corrected chi connectivity index (χ3v) is 5.84. The topological polar surface area (TPSA) is 49.3 Å². The lowest BCUT2D eigenvalue weighted by atomic mass is 9.85. The minimum absolute atomic E-state index is 0.140. The Morgan fingerprint density at radius 3 is 2.40 bits per heavy atom. The van der Waals surface area contributed by atoms with Crippen LogP contribution in [0.3, 0.4) is 0 Å². The predicted octanol–water partition coefficient (Wildman–Crippen LogP) is 4.57. The second-order valence-corrected chi connectivity index (χ2v) is 7.42. The van der Waals surface area contributed by atoms with Gasteiger partial charge in [-0.2, -0.15) is 0 Å². The van der Waals surface area contributed by atoms with Gasteiger partial charge in [0.25, 0.3) is 0 Å². The molecule has 1 saturated carbocycles. The maximum Gasteiger partial charge on any atom is 0.306 e. The van der Waals surface area contributed by atoms with E-state index < -0.39 is 5.97 Å². The van der Waals surface area contributed by atoms with Crippen LogP contribution in [0.4, 0.5) is 0 Å². The molecule has 2 aromatic rings. The van der Waals surface area contributed by atoms with E-state index in [-0.39, 0.29) is 5.92 Å². The first-order chi connectivity index (χ1) is 12.2. The number of aliphatic carboxylic acids is 1. The lowest BCUT2D eigenvalue weighted by Crippen LogP contribution is -2.36. The molecule has 0 aliphatic heterocycles. The molecule has 0 amide bonds. The van der Waals surface area contributed by atoms with Crippen LogP contribution in [0.5, 0.6) is 0 Å². The van der Waals surface area contributed by atoms with Crippen LogP contribution in [0.25, 0.3) is 11.1 Å². The summed E-state index contributed by atoms with van der Waals surface area (Å²) in [6.45, 7) is 0. The maximum atomic E-state index is 11.1. The van der Waals surface area contributed by atoms with E-state index in [9.17, 15) is 4.79 Å². The van der Waals surface area contributed by atoms with Gasteiger partial charge in [0.15, 0.2) is 0 Å². The van der Waals surface area contributed by atoms with E-state index in [0.29, 0.717) is 12.1 Å².